The van der Waals surface area contributed by atoms with Crippen molar-refractivity contribution in [2.24, 2.45) is 4.99 Å². The number of hydrogen-bond donors (Lipinski definition) is 0. The Morgan fingerprint density at radius 2 is 2.36 bits per heavy atom. The highest BCUT2D eigenvalue weighted by atomic mass is 15.1. The van der Waals surface area contributed by atoms with E-state index in [1.807, 2.05) is 36.9 Å². The molecule has 0 saturated heterocycles. The van der Waals surface area contributed by atoms with Crippen LogP contribution in [-0.2, 0) is 0 Å². The Kier molecular flexibility index (Phi) is 2.60. The third kappa shape index (κ3) is 1.77. The van der Waals surface area contributed by atoms with Crippen LogP contribution in [0.15, 0.2) is 23.5 Å². The lowest BCUT2D eigenvalue weighted by Crippen LogP contribution is -1.81. The minimum absolute atomic E-state index is 0.714. The van der Waals surface area contributed by atoms with E-state index in [-0.39, 0.29) is 0 Å². The van der Waals surface area contributed by atoms with E-state index in [0.717, 1.165) is 0 Å². The summed E-state index contributed by atoms with van der Waals surface area (Å²) in [7, 11) is 0. The van der Waals surface area contributed by atoms with Gasteiger partial charge in [0.05, 0.1) is 0 Å². The Balaban J connectivity index is 2.95. The fourth-order valence-electron chi connectivity index (χ4n) is 0.798. The van der Waals surface area contributed by atoms with Crippen LogP contribution in [0.3, 0.4) is 0 Å². The van der Waals surface area contributed by atoms with Crippen LogP contribution in [0.1, 0.15) is 13.8 Å². The van der Waals surface area contributed by atoms with Crippen molar-refractivity contribution in [1.82, 2.24) is 9.55 Å². The minimum atomic E-state index is 0.714. The molecule has 0 fully saturated rings. The van der Waals surface area contributed by atoms with Gasteiger partial charge in [0, 0.05) is 24.8 Å². The molecular weight excluding hydrogens is 138 g/mol. The van der Waals surface area contributed by atoms with Crippen molar-refractivity contribution in [2.75, 3.05) is 0 Å². The number of aliphatic imine (C=N–C) groups is 1. The van der Waals surface area contributed by atoms with Crippen molar-refractivity contribution < 1.29 is 0 Å². The molecule has 0 saturated carbocycles. The number of allylic oxidation sites excluding steroid dienone is 1. The lowest BCUT2D eigenvalue weighted by Gasteiger charge is -1.93. The highest BCUT2D eigenvalue weighted by Gasteiger charge is 1.92. The molecule has 0 aliphatic carbocycles. The predicted molar refractivity (Wildman–Crippen MR) is 47.1 cm³/mol. The van der Waals surface area contributed by atoms with Gasteiger partial charge in [0.2, 0.25) is 5.95 Å². The quantitative estimate of drug-likeness (QED) is 0.592. The van der Waals surface area contributed by atoms with Gasteiger partial charge in [-0.2, -0.15) is 0 Å². The largest absolute Gasteiger partial charge is 0.292 e. The zero-order valence-corrected chi connectivity index (χ0v) is 6.73. The van der Waals surface area contributed by atoms with Crippen LogP contribution in [-0.4, -0.2) is 15.8 Å². The molecule has 58 valence electrons. The summed E-state index contributed by atoms with van der Waals surface area (Å²) in [6.07, 6.45) is 9.17. The van der Waals surface area contributed by atoms with Gasteiger partial charge in [0.25, 0.3) is 0 Å². The van der Waals surface area contributed by atoms with Crippen molar-refractivity contribution in [3.63, 3.8) is 0 Å². The summed E-state index contributed by atoms with van der Waals surface area (Å²) >= 11 is 0. The van der Waals surface area contributed by atoms with Crippen LogP contribution in [0.25, 0.3) is 6.20 Å². The third-order valence-corrected chi connectivity index (χ3v) is 1.20. The van der Waals surface area contributed by atoms with Crippen LogP contribution in [0, 0.1) is 0 Å². The fraction of sp³-hybridized carbons (Fsp3) is 0.250. The van der Waals surface area contributed by atoms with E-state index >= 15 is 0 Å². The maximum Gasteiger partial charge on any atom is 0.233 e. The van der Waals surface area contributed by atoms with E-state index < -0.39 is 0 Å². The zero-order chi connectivity index (χ0) is 8.10. The van der Waals surface area contributed by atoms with Crippen molar-refractivity contribution in [1.29, 1.82) is 0 Å². The first kappa shape index (κ1) is 7.72. The molecule has 1 heterocycles. The maximum absolute atomic E-state index is 4.06. The summed E-state index contributed by atoms with van der Waals surface area (Å²) in [6, 6.07) is 0. The SMILES string of the molecule is C/C=C\n1ccnc1/N=C\C. The van der Waals surface area contributed by atoms with E-state index in [0.29, 0.717) is 5.95 Å². The van der Waals surface area contributed by atoms with Gasteiger partial charge in [-0.1, -0.05) is 6.08 Å². The number of hydrogen-bond acceptors (Lipinski definition) is 2. The second-order valence-electron chi connectivity index (χ2n) is 2.00. The Labute approximate surface area is 66.1 Å². The molecule has 11 heavy (non-hydrogen) atoms. The monoisotopic (exact) mass is 149 g/mol. The zero-order valence-electron chi connectivity index (χ0n) is 6.73. The van der Waals surface area contributed by atoms with Crippen LogP contribution in [0.4, 0.5) is 5.95 Å². The Bertz CT molecular complexity index is 244. The number of aromatic nitrogens is 2. The van der Waals surface area contributed by atoms with Crippen LogP contribution >= 0.6 is 0 Å². The summed E-state index contributed by atoms with van der Waals surface area (Å²) in [5.74, 6) is 0.714. The minimum Gasteiger partial charge on any atom is -0.292 e. The van der Waals surface area contributed by atoms with Crippen molar-refractivity contribution in [3.05, 3.63) is 18.5 Å². The molecular formula is C8H11N3. The van der Waals surface area contributed by atoms with Gasteiger partial charge < -0.3 is 0 Å². The smallest absolute Gasteiger partial charge is 0.233 e. The molecule has 0 aliphatic rings. The van der Waals surface area contributed by atoms with Gasteiger partial charge in [0.15, 0.2) is 0 Å². The van der Waals surface area contributed by atoms with Crippen LogP contribution < -0.4 is 0 Å². The van der Waals surface area contributed by atoms with E-state index in [9.17, 15) is 0 Å². The molecule has 0 amide bonds. The summed E-state index contributed by atoms with van der Waals surface area (Å²) in [5, 5.41) is 0. The topological polar surface area (TPSA) is 30.2 Å². The highest BCUT2D eigenvalue weighted by molar-refractivity contribution is 5.58. The summed E-state index contributed by atoms with van der Waals surface area (Å²) in [4.78, 5) is 8.10. The van der Waals surface area contributed by atoms with E-state index in [1.165, 1.54) is 0 Å². The number of rotatable bonds is 2. The molecule has 0 aromatic carbocycles. The van der Waals surface area contributed by atoms with Gasteiger partial charge in [-0.05, 0) is 13.8 Å². The van der Waals surface area contributed by atoms with E-state index in [1.54, 1.807) is 12.4 Å². The first-order valence-corrected chi connectivity index (χ1v) is 3.52. The molecule has 0 unspecified atom stereocenters. The summed E-state index contributed by atoms with van der Waals surface area (Å²) < 4.78 is 1.86. The second-order valence-corrected chi connectivity index (χ2v) is 2.00. The average molecular weight is 149 g/mol. The van der Waals surface area contributed by atoms with Gasteiger partial charge in [-0.25, -0.2) is 9.98 Å². The molecule has 1 aromatic rings. The number of imidazole rings is 1. The first-order chi connectivity index (χ1) is 5.38. The third-order valence-electron chi connectivity index (χ3n) is 1.20. The van der Waals surface area contributed by atoms with Crippen molar-refractivity contribution >= 4 is 18.4 Å². The van der Waals surface area contributed by atoms with Crippen molar-refractivity contribution in [3.8, 4) is 0 Å². The van der Waals surface area contributed by atoms with Crippen LogP contribution in [0.2, 0.25) is 0 Å². The Morgan fingerprint density at radius 1 is 1.55 bits per heavy atom. The molecule has 0 spiro atoms. The lowest BCUT2D eigenvalue weighted by atomic mass is 10.7. The van der Waals surface area contributed by atoms with Gasteiger partial charge in [-0.15, -0.1) is 0 Å². The summed E-state index contributed by atoms with van der Waals surface area (Å²) in [6.45, 7) is 3.83. The normalized spacial score (nSPS) is 11.8. The second kappa shape index (κ2) is 3.71. The highest BCUT2D eigenvalue weighted by Crippen LogP contribution is 2.07. The summed E-state index contributed by atoms with van der Waals surface area (Å²) in [5.41, 5.74) is 0. The molecule has 3 heteroatoms. The predicted octanol–water partition coefficient (Wildman–Crippen LogP) is 2.10. The van der Waals surface area contributed by atoms with Crippen LogP contribution in [0.5, 0.6) is 0 Å². The molecule has 0 N–H and O–H groups in total. The number of nitrogens with zero attached hydrogens (tertiary/aromatic N) is 3. The Hall–Kier alpha value is -1.38. The molecule has 0 aliphatic heterocycles. The Morgan fingerprint density at radius 3 is 3.00 bits per heavy atom. The van der Waals surface area contributed by atoms with Crippen molar-refractivity contribution in [2.45, 2.75) is 13.8 Å². The average Bonchev–Trinajstić information content (AvgIpc) is 2.39. The van der Waals surface area contributed by atoms with Gasteiger partial charge in [0.1, 0.15) is 0 Å². The molecule has 1 rings (SSSR count). The van der Waals surface area contributed by atoms with E-state index in [2.05, 4.69) is 9.98 Å². The molecule has 0 atom stereocenters. The molecule has 3 nitrogen and oxygen atoms in total. The lowest BCUT2D eigenvalue weighted by molar-refractivity contribution is 1.11. The van der Waals surface area contributed by atoms with Gasteiger partial charge in [-0.3, -0.25) is 4.57 Å². The maximum atomic E-state index is 4.06. The molecule has 0 bridgehead atoms. The molecule has 0 radical (unpaired) electrons. The van der Waals surface area contributed by atoms with E-state index in [4.69, 9.17) is 0 Å². The molecule has 1 aromatic heterocycles. The van der Waals surface area contributed by atoms with Gasteiger partial charge >= 0.3 is 0 Å². The first-order valence-electron chi connectivity index (χ1n) is 3.52. The standard InChI is InChI=1S/C8H11N3/c1-3-6-11-7-5-10-8(11)9-4-2/h3-7H,1-2H3/b6-3-,9-4-. The fourth-order valence-corrected chi connectivity index (χ4v) is 0.798.